The van der Waals surface area contributed by atoms with Crippen molar-refractivity contribution in [3.05, 3.63) is 29.3 Å². The van der Waals surface area contributed by atoms with Crippen molar-refractivity contribution >= 4 is 24.0 Å². The van der Waals surface area contributed by atoms with Crippen LogP contribution in [0.5, 0.6) is 0 Å². The number of nitrogens with zero attached hydrogens (tertiary/aromatic N) is 1. The van der Waals surface area contributed by atoms with Crippen LogP contribution in [0, 0.1) is 19.8 Å². The Hall–Kier alpha value is -1.06. The number of anilines is 1. The Morgan fingerprint density at radius 3 is 2.76 bits per heavy atom. The van der Waals surface area contributed by atoms with Gasteiger partial charge in [-0.1, -0.05) is 13.0 Å². The summed E-state index contributed by atoms with van der Waals surface area (Å²) in [5.74, 6) is 0.887. The van der Waals surface area contributed by atoms with Crippen molar-refractivity contribution in [1.29, 1.82) is 0 Å². The van der Waals surface area contributed by atoms with E-state index in [1.807, 2.05) is 12.1 Å². The van der Waals surface area contributed by atoms with Gasteiger partial charge in [0, 0.05) is 25.2 Å². The second kappa shape index (κ2) is 8.40. The minimum Gasteiger partial charge on any atom is -0.326 e. The van der Waals surface area contributed by atoms with Crippen LogP contribution in [0.25, 0.3) is 0 Å². The molecule has 1 N–H and O–H groups in total. The number of nitrogens with one attached hydrogen (secondary N) is 1. The first-order valence-corrected chi connectivity index (χ1v) is 7.64. The van der Waals surface area contributed by atoms with Crippen molar-refractivity contribution < 1.29 is 4.79 Å². The third-order valence-electron chi connectivity index (χ3n) is 4.19. The predicted molar refractivity (Wildman–Crippen MR) is 91.2 cm³/mol. The number of piperidine rings is 1. The molecule has 21 heavy (non-hydrogen) atoms. The zero-order valence-electron chi connectivity index (χ0n) is 13.3. The molecule has 0 spiro atoms. The fourth-order valence-electron chi connectivity index (χ4n) is 2.79. The second-order valence-corrected chi connectivity index (χ2v) is 6.15. The van der Waals surface area contributed by atoms with Gasteiger partial charge in [-0.05, 0) is 62.4 Å². The van der Waals surface area contributed by atoms with Crippen molar-refractivity contribution in [2.24, 2.45) is 5.92 Å². The summed E-state index contributed by atoms with van der Waals surface area (Å²) in [6, 6.07) is 6.07. The Morgan fingerprint density at radius 2 is 2.10 bits per heavy atom. The van der Waals surface area contributed by atoms with Gasteiger partial charge in [0.15, 0.2) is 0 Å². The molecule has 1 atom stereocenters. The monoisotopic (exact) mass is 310 g/mol. The number of carbonyl (C=O) groups excluding carboxylic acids is 1. The van der Waals surface area contributed by atoms with E-state index in [1.54, 1.807) is 0 Å². The zero-order chi connectivity index (χ0) is 14.5. The molecule has 3 nitrogen and oxygen atoms in total. The molecule has 4 heteroatoms. The van der Waals surface area contributed by atoms with Gasteiger partial charge in [0.1, 0.15) is 0 Å². The average molecular weight is 311 g/mol. The van der Waals surface area contributed by atoms with Gasteiger partial charge in [-0.3, -0.25) is 4.79 Å². The van der Waals surface area contributed by atoms with E-state index in [2.05, 4.69) is 37.1 Å². The van der Waals surface area contributed by atoms with Gasteiger partial charge in [-0.25, -0.2) is 0 Å². The van der Waals surface area contributed by atoms with Gasteiger partial charge >= 0.3 is 0 Å². The molecule has 0 bridgehead atoms. The standard InChI is InChI=1S/C17H26N2O.ClH/c1-13-5-4-9-19(12-13)10-8-17(20)18-16-7-6-14(2)15(3)11-16;/h6-7,11,13H,4-5,8-10,12H2,1-3H3,(H,18,20);1H. The number of carbonyl (C=O) groups is 1. The van der Waals surface area contributed by atoms with Gasteiger partial charge in [0.05, 0.1) is 0 Å². The third kappa shape index (κ3) is 5.68. The first kappa shape index (κ1) is 18.0. The number of halogens is 1. The first-order valence-electron chi connectivity index (χ1n) is 7.64. The maximum Gasteiger partial charge on any atom is 0.225 e. The highest BCUT2D eigenvalue weighted by Gasteiger charge is 2.16. The lowest BCUT2D eigenvalue weighted by Gasteiger charge is -2.30. The summed E-state index contributed by atoms with van der Waals surface area (Å²) in [6.07, 6.45) is 3.17. The minimum atomic E-state index is 0. The van der Waals surface area contributed by atoms with Crippen LogP contribution in [-0.4, -0.2) is 30.4 Å². The summed E-state index contributed by atoms with van der Waals surface area (Å²) in [5, 5.41) is 3.00. The Labute approximate surface area is 134 Å². The fraction of sp³-hybridized carbons (Fsp3) is 0.588. The molecule has 1 heterocycles. The van der Waals surface area contributed by atoms with Crippen LogP contribution in [0.3, 0.4) is 0 Å². The second-order valence-electron chi connectivity index (χ2n) is 6.15. The van der Waals surface area contributed by atoms with Gasteiger partial charge in [0.25, 0.3) is 0 Å². The van der Waals surface area contributed by atoms with E-state index in [4.69, 9.17) is 0 Å². The predicted octanol–water partition coefficient (Wildman–Crippen LogP) is 3.79. The van der Waals surface area contributed by atoms with Gasteiger partial charge < -0.3 is 10.2 Å². The molecule has 1 amide bonds. The summed E-state index contributed by atoms with van der Waals surface area (Å²) in [6.45, 7) is 9.60. The molecule has 2 rings (SSSR count). The van der Waals surface area contributed by atoms with Crippen molar-refractivity contribution in [3.8, 4) is 0 Å². The van der Waals surface area contributed by atoms with Crippen molar-refractivity contribution in [1.82, 2.24) is 4.90 Å². The topological polar surface area (TPSA) is 32.3 Å². The van der Waals surface area contributed by atoms with Crippen molar-refractivity contribution in [2.45, 2.75) is 40.0 Å². The number of likely N-dealkylation sites (tertiary alicyclic amines) is 1. The Bertz CT molecular complexity index is 476. The summed E-state index contributed by atoms with van der Waals surface area (Å²) in [5.41, 5.74) is 3.38. The highest BCUT2D eigenvalue weighted by atomic mass is 35.5. The summed E-state index contributed by atoms with van der Waals surface area (Å²) in [4.78, 5) is 14.4. The van der Waals surface area contributed by atoms with Crippen LogP contribution in [0.4, 0.5) is 5.69 Å². The molecule has 1 saturated heterocycles. The van der Waals surface area contributed by atoms with E-state index in [0.717, 1.165) is 31.2 Å². The molecule has 1 aromatic carbocycles. The normalized spacial score (nSPS) is 18.9. The lowest BCUT2D eigenvalue weighted by molar-refractivity contribution is -0.116. The van der Waals surface area contributed by atoms with E-state index in [1.165, 1.54) is 24.0 Å². The largest absolute Gasteiger partial charge is 0.326 e. The molecule has 0 aliphatic carbocycles. The quantitative estimate of drug-likeness (QED) is 0.917. The SMILES string of the molecule is Cc1ccc(NC(=O)CCN2CCCC(C)C2)cc1C.Cl. The van der Waals surface area contributed by atoms with Crippen LogP contribution >= 0.6 is 12.4 Å². The third-order valence-corrected chi connectivity index (χ3v) is 4.19. The van der Waals surface area contributed by atoms with E-state index >= 15 is 0 Å². The fourth-order valence-corrected chi connectivity index (χ4v) is 2.79. The summed E-state index contributed by atoms with van der Waals surface area (Å²) in [7, 11) is 0. The van der Waals surface area contributed by atoms with Gasteiger partial charge in [-0.2, -0.15) is 0 Å². The lowest BCUT2D eigenvalue weighted by atomic mass is 10.0. The van der Waals surface area contributed by atoms with E-state index in [0.29, 0.717) is 6.42 Å². The molecular weight excluding hydrogens is 284 g/mol. The lowest BCUT2D eigenvalue weighted by Crippen LogP contribution is -2.36. The Balaban J connectivity index is 0.00000220. The number of amides is 1. The van der Waals surface area contributed by atoms with E-state index < -0.39 is 0 Å². The highest BCUT2D eigenvalue weighted by Crippen LogP contribution is 2.16. The first-order chi connectivity index (χ1) is 9.54. The van der Waals surface area contributed by atoms with Crippen LogP contribution in [0.2, 0.25) is 0 Å². The molecule has 0 aromatic heterocycles. The van der Waals surface area contributed by atoms with Crippen LogP contribution in [-0.2, 0) is 4.79 Å². The van der Waals surface area contributed by atoms with Crippen molar-refractivity contribution in [3.63, 3.8) is 0 Å². The van der Waals surface area contributed by atoms with Gasteiger partial charge in [-0.15, -0.1) is 12.4 Å². The van der Waals surface area contributed by atoms with E-state index in [-0.39, 0.29) is 18.3 Å². The molecule has 1 fully saturated rings. The maximum absolute atomic E-state index is 12.0. The number of benzene rings is 1. The molecule has 0 radical (unpaired) electrons. The Kier molecular flexibility index (Phi) is 7.20. The molecule has 1 aliphatic heterocycles. The maximum atomic E-state index is 12.0. The van der Waals surface area contributed by atoms with Crippen LogP contribution in [0.15, 0.2) is 18.2 Å². The Morgan fingerprint density at radius 1 is 1.33 bits per heavy atom. The average Bonchev–Trinajstić information content (AvgIpc) is 2.41. The summed E-state index contributed by atoms with van der Waals surface area (Å²) >= 11 is 0. The number of hydrogen-bond acceptors (Lipinski definition) is 2. The smallest absolute Gasteiger partial charge is 0.225 e. The van der Waals surface area contributed by atoms with Gasteiger partial charge in [0.2, 0.25) is 5.91 Å². The molecular formula is C17H27ClN2O. The molecule has 1 aromatic rings. The molecule has 118 valence electrons. The summed E-state index contributed by atoms with van der Waals surface area (Å²) < 4.78 is 0. The van der Waals surface area contributed by atoms with E-state index in [9.17, 15) is 4.79 Å². The highest BCUT2D eigenvalue weighted by molar-refractivity contribution is 5.90. The molecule has 0 saturated carbocycles. The molecule has 1 unspecified atom stereocenters. The zero-order valence-corrected chi connectivity index (χ0v) is 14.1. The van der Waals surface area contributed by atoms with Crippen LogP contribution in [0.1, 0.15) is 37.3 Å². The molecule has 1 aliphatic rings. The number of hydrogen-bond donors (Lipinski definition) is 1. The van der Waals surface area contributed by atoms with Crippen LogP contribution < -0.4 is 5.32 Å². The number of rotatable bonds is 4. The van der Waals surface area contributed by atoms with Crippen molar-refractivity contribution in [2.75, 3.05) is 25.0 Å². The number of aryl methyl sites for hydroxylation is 2. The minimum absolute atomic E-state index is 0.